The number of carbonyl (C=O) groups is 3. The van der Waals surface area contributed by atoms with Crippen molar-refractivity contribution in [3.63, 3.8) is 0 Å². The van der Waals surface area contributed by atoms with Gasteiger partial charge in [-0.3, -0.25) is 9.59 Å². The van der Waals surface area contributed by atoms with Gasteiger partial charge in [-0.2, -0.15) is 0 Å². The van der Waals surface area contributed by atoms with Gasteiger partial charge in [0.25, 0.3) is 0 Å². The van der Waals surface area contributed by atoms with Crippen molar-refractivity contribution in [3.8, 4) is 0 Å². The van der Waals surface area contributed by atoms with Gasteiger partial charge in [0, 0.05) is 12.8 Å². The van der Waals surface area contributed by atoms with Gasteiger partial charge in [0.05, 0.1) is 32.8 Å². The van der Waals surface area contributed by atoms with E-state index in [1.807, 2.05) is 33.9 Å². The van der Waals surface area contributed by atoms with Gasteiger partial charge in [0.2, 0.25) is 0 Å². The van der Waals surface area contributed by atoms with E-state index in [9.17, 15) is 19.5 Å². The lowest BCUT2D eigenvalue weighted by atomic mass is 9.83. The predicted octanol–water partition coefficient (Wildman–Crippen LogP) is 8.74. The zero-order valence-corrected chi connectivity index (χ0v) is 31.5. The number of aliphatic carboxylic acids is 1. The second-order valence-corrected chi connectivity index (χ2v) is 19.4. The van der Waals surface area contributed by atoms with Crippen molar-refractivity contribution in [1.29, 1.82) is 0 Å². The maximum Gasteiger partial charge on any atom is 0.339 e. The zero-order chi connectivity index (χ0) is 34.9. The summed E-state index contributed by atoms with van der Waals surface area (Å²) in [5, 5.41) is 10.0. The van der Waals surface area contributed by atoms with Crippen molar-refractivity contribution in [2.24, 2.45) is 5.92 Å². The molecule has 0 aliphatic carbocycles. The molecular formula is C36H66O9Si. The number of hydrogen-bond acceptors (Lipinski definition) is 8. The molecule has 1 saturated heterocycles. The third-order valence-corrected chi connectivity index (χ3v) is 13.8. The number of hydrogen-bond donors (Lipinski definition) is 1. The van der Waals surface area contributed by atoms with E-state index in [2.05, 4.69) is 6.92 Å². The minimum atomic E-state index is -2.77. The molecule has 268 valence electrons. The lowest BCUT2D eigenvalue weighted by Crippen LogP contribution is -2.60. The summed E-state index contributed by atoms with van der Waals surface area (Å²) in [5.41, 5.74) is -2.06. The quantitative estimate of drug-likeness (QED) is 0.0465. The van der Waals surface area contributed by atoms with Gasteiger partial charge < -0.3 is 28.5 Å². The van der Waals surface area contributed by atoms with E-state index in [0.29, 0.717) is 19.6 Å². The fourth-order valence-electron chi connectivity index (χ4n) is 5.60. The van der Waals surface area contributed by atoms with Crippen molar-refractivity contribution in [2.45, 2.75) is 173 Å². The van der Waals surface area contributed by atoms with E-state index in [-0.39, 0.29) is 5.04 Å². The monoisotopic (exact) mass is 670 g/mol. The summed E-state index contributed by atoms with van der Waals surface area (Å²) in [6, 6.07) is 0. The van der Waals surface area contributed by atoms with Crippen LogP contribution in [0.4, 0.5) is 0 Å². The molecule has 1 fully saturated rings. The first-order valence-electron chi connectivity index (χ1n) is 17.7. The summed E-state index contributed by atoms with van der Waals surface area (Å²) in [5.74, 6) is -4.73. The third-order valence-electron chi connectivity index (χ3n) is 9.32. The number of rotatable bonds is 24. The summed E-state index contributed by atoms with van der Waals surface area (Å²) in [6.45, 7) is 16.7. The van der Waals surface area contributed by atoms with Crippen LogP contribution in [0.15, 0.2) is 12.2 Å². The van der Waals surface area contributed by atoms with Crippen LogP contribution in [-0.2, 0) is 37.8 Å². The lowest BCUT2D eigenvalue weighted by Gasteiger charge is -2.45. The van der Waals surface area contributed by atoms with Crippen LogP contribution < -0.4 is 0 Å². The van der Waals surface area contributed by atoms with Crippen molar-refractivity contribution in [3.05, 3.63) is 12.2 Å². The van der Waals surface area contributed by atoms with Gasteiger partial charge in [0.1, 0.15) is 5.92 Å². The normalized spacial score (nSPS) is 17.3. The Hall–Kier alpha value is -1.75. The van der Waals surface area contributed by atoms with E-state index >= 15 is 0 Å². The highest BCUT2D eigenvalue weighted by molar-refractivity contribution is 6.74. The molecule has 0 amide bonds. The summed E-state index contributed by atoms with van der Waals surface area (Å²) in [4.78, 5) is 39.1. The van der Waals surface area contributed by atoms with Crippen LogP contribution in [0.1, 0.15) is 138 Å². The summed E-state index contributed by atoms with van der Waals surface area (Å²) in [6.07, 6.45) is 17.4. The van der Waals surface area contributed by atoms with Gasteiger partial charge in [-0.1, -0.05) is 91.2 Å². The number of ether oxygens (including phenoxy) is 4. The fourth-order valence-corrected chi connectivity index (χ4v) is 7.10. The van der Waals surface area contributed by atoms with E-state index in [4.69, 9.17) is 23.4 Å². The van der Waals surface area contributed by atoms with Gasteiger partial charge >= 0.3 is 17.9 Å². The molecule has 0 spiro atoms. The predicted molar refractivity (Wildman–Crippen MR) is 184 cm³/mol. The topological polar surface area (TPSA) is 118 Å². The van der Waals surface area contributed by atoms with Gasteiger partial charge in [-0.25, -0.2) is 4.79 Å². The average Bonchev–Trinajstić information content (AvgIpc) is 3.42. The molecule has 0 aromatic rings. The highest BCUT2D eigenvalue weighted by Gasteiger charge is 2.57. The fraction of sp³-hybridized carbons (Fsp3) is 0.861. The molecule has 0 radical (unpaired) electrons. The number of carbonyl (C=O) groups excluding carboxylic acids is 2. The Balaban J connectivity index is 2.87. The Labute approximate surface area is 280 Å². The average molecular weight is 671 g/mol. The van der Waals surface area contributed by atoms with E-state index < -0.39 is 56.1 Å². The summed E-state index contributed by atoms with van der Waals surface area (Å²) >= 11 is 0. The first-order valence-corrected chi connectivity index (χ1v) is 20.6. The van der Waals surface area contributed by atoms with Crippen LogP contribution >= 0.6 is 0 Å². The van der Waals surface area contributed by atoms with Gasteiger partial charge in [0.15, 0.2) is 19.7 Å². The van der Waals surface area contributed by atoms with Gasteiger partial charge in [-0.15, -0.1) is 0 Å². The highest BCUT2D eigenvalue weighted by atomic mass is 28.4. The Bertz CT molecular complexity index is 934. The van der Waals surface area contributed by atoms with Crippen LogP contribution in [0.3, 0.4) is 0 Å². The SMILES string of the molecule is CCCCCCCCCC1(CCCCCC/C=C/[C@@H](C(=O)O)[C@@](CC(=O)OC)(O[Si](C)(C)C(C)(C)C)C(=O)OC(C)C)OCCO1. The minimum Gasteiger partial charge on any atom is -0.481 e. The third kappa shape index (κ3) is 14.2. The molecule has 1 aliphatic rings. The lowest BCUT2D eigenvalue weighted by molar-refractivity contribution is -0.182. The minimum absolute atomic E-state index is 0.360. The molecule has 0 aromatic carbocycles. The molecule has 1 rings (SSSR count). The van der Waals surface area contributed by atoms with Crippen molar-refractivity contribution in [2.75, 3.05) is 20.3 Å². The van der Waals surface area contributed by atoms with Crippen LogP contribution in [0.2, 0.25) is 18.1 Å². The molecule has 10 heteroatoms. The Kier molecular flexibility index (Phi) is 18.9. The van der Waals surface area contributed by atoms with E-state index in [1.165, 1.54) is 51.7 Å². The van der Waals surface area contributed by atoms with Crippen LogP contribution in [-0.4, -0.2) is 69.1 Å². The molecule has 2 atom stereocenters. The first kappa shape index (κ1) is 42.3. The molecule has 0 saturated carbocycles. The number of carboxylic acid groups (broad SMARTS) is 1. The Morgan fingerprint density at radius 1 is 0.891 bits per heavy atom. The summed E-state index contributed by atoms with van der Waals surface area (Å²) < 4.78 is 29.2. The first-order chi connectivity index (χ1) is 21.6. The number of esters is 2. The van der Waals surface area contributed by atoms with Crippen LogP contribution in [0.5, 0.6) is 0 Å². The molecule has 0 bridgehead atoms. The second kappa shape index (κ2) is 20.6. The largest absolute Gasteiger partial charge is 0.481 e. The highest BCUT2D eigenvalue weighted by Crippen LogP contribution is 2.43. The number of unbranched alkanes of at least 4 members (excludes halogenated alkanes) is 10. The molecular weight excluding hydrogens is 604 g/mol. The van der Waals surface area contributed by atoms with Gasteiger partial charge in [-0.05, 0) is 57.7 Å². The molecule has 46 heavy (non-hydrogen) atoms. The van der Waals surface area contributed by atoms with Crippen molar-refractivity contribution >= 4 is 26.2 Å². The van der Waals surface area contributed by atoms with Crippen LogP contribution in [0.25, 0.3) is 0 Å². The number of methoxy groups -OCH3 is 1. The van der Waals surface area contributed by atoms with E-state index in [1.54, 1.807) is 19.9 Å². The Morgan fingerprint density at radius 2 is 1.41 bits per heavy atom. The Morgan fingerprint density at radius 3 is 1.89 bits per heavy atom. The summed E-state index contributed by atoms with van der Waals surface area (Å²) in [7, 11) is -1.56. The van der Waals surface area contributed by atoms with Crippen molar-refractivity contribution in [1.82, 2.24) is 0 Å². The van der Waals surface area contributed by atoms with E-state index in [0.717, 1.165) is 44.9 Å². The molecule has 9 nitrogen and oxygen atoms in total. The molecule has 0 unspecified atom stereocenters. The maximum absolute atomic E-state index is 13.7. The second-order valence-electron chi connectivity index (χ2n) is 14.6. The maximum atomic E-state index is 13.7. The number of allylic oxidation sites excluding steroid dienone is 1. The van der Waals surface area contributed by atoms with Crippen molar-refractivity contribution < 1.29 is 42.9 Å². The standard InChI is InChI=1S/C36H66O9Si/c1-10-11-12-13-15-18-21-24-35(42-26-27-43-35)25-22-19-16-14-17-20-23-30(32(38)39)36(28-31(37)41-7,33(40)44-29(2)3)45-46(8,9)34(4,5)6/h20,23,29-30H,10-19,21-22,24-28H2,1-9H3,(H,38,39)/b23-20+/t30-,36+/m0/s1. The molecule has 1 aliphatic heterocycles. The molecule has 1 N–H and O–H groups in total. The van der Waals surface area contributed by atoms with Crippen LogP contribution in [0, 0.1) is 5.92 Å². The number of carboxylic acids is 1. The smallest absolute Gasteiger partial charge is 0.339 e. The molecule has 1 heterocycles. The zero-order valence-electron chi connectivity index (χ0n) is 30.5. The molecule has 0 aromatic heterocycles.